The third kappa shape index (κ3) is 4.02. The molecule has 0 radical (unpaired) electrons. The molecule has 0 aromatic rings. The second-order valence-electron chi connectivity index (χ2n) is 8.70. The maximum atomic E-state index is 11.0. The van der Waals surface area contributed by atoms with Gasteiger partial charge in [0, 0.05) is 12.8 Å². The highest BCUT2D eigenvalue weighted by molar-refractivity contribution is 5.75. The van der Waals surface area contributed by atoms with Crippen LogP contribution in [-0.2, 0) is 9.53 Å². The molecular weight excluding hydrogens is 354 g/mol. The number of fused-ring (bicyclic) bond motifs is 1. The van der Waals surface area contributed by atoms with Gasteiger partial charge in [-0.05, 0) is 54.6 Å². The zero-order valence-electron chi connectivity index (χ0n) is 17.0. The van der Waals surface area contributed by atoms with Gasteiger partial charge in [0.2, 0.25) is 5.91 Å². The SMILES string of the molecule is C=C1C(=CC=C2CCC[C@]3(C)C(CC)=CC[C@@H]23)C[C@](O)(OCC(N)=O)C[C@@H]1O. The number of nitrogens with two attached hydrogens (primary N) is 1. The third-order valence-electron chi connectivity index (χ3n) is 6.87. The second kappa shape index (κ2) is 7.97. The third-order valence-corrected chi connectivity index (χ3v) is 6.87. The first kappa shape index (κ1) is 21.0. The average Bonchev–Trinajstić information content (AvgIpc) is 2.98. The molecule has 3 aliphatic carbocycles. The number of carbonyl (C=O) groups excluding carboxylic acids is 1. The molecular formula is C23H33NO4. The van der Waals surface area contributed by atoms with Crippen LogP contribution in [-0.4, -0.2) is 34.6 Å². The van der Waals surface area contributed by atoms with Gasteiger partial charge in [0.15, 0.2) is 5.79 Å². The summed E-state index contributed by atoms with van der Waals surface area (Å²) in [4.78, 5) is 11.0. The van der Waals surface area contributed by atoms with Crippen LogP contribution in [0.5, 0.6) is 0 Å². The number of carbonyl (C=O) groups is 1. The van der Waals surface area contributed by atoms with Gasteiger partial charge in [0.25, 0.3) is 0 Å². The maximum absolute atomic E-state index is 11.0. The molecule has 0 bridgehead atoms. The number of aliphatic hydroxyl groups is 2. The summed E-state index contributed by atoms with van der Waals surface area (Å²) in [5.41, 5.74) is 9.73. The molecule has 0 heterocycles. The first-order valence-electron chi connectivity index (χ1n) is 10.3. The summed E-state index contributed by atoms with van der Waals surface area (Å²) in [6.45, 7) is 8.24. The van der Waals surface area contributed by atoms with Crippen LogP contribution in [0.25, 0.3) is 0 Å². The summed E-state index contributed by atoms with van der Waals surface area (Å²) in [7, 11) is 0. The molecule has 2 fully saturated rings. The van der Waals surface area contributed by atoms with Crippen molar-refractivity contribution in [3.05, 3.63) is 47.1 Å². The first-order chi connectivity index (χ1) is 13.2. The number of rotatable bonds is 5. The standard InChI is InChI=1S/C23H33NO4/c1-4-18-9-10-19-16(6-5-11-22(18,19)3)7-8-17-12-23(27,28-14-21(24)26)13-20(25)15(17)2/h7-9,19-20,25,27H,2,4-6,10-14H2,1,3H3,(H2,24,26)/t19-,20-,22+,23-/m0/s1. The van der Waals surface area contributed by atoms with Gasteiger partial charge in [-0.3, -0.25) is 4.79 Å². The lowest BCUT2D eigenvalue weighted by Crippen LogP contribution is -2.43. The fourth-order valence-corrected chi connectivity index (χ4v) is 5.27. The van der Waals surface area contributed by atoms with Crippen molar-refractivity contribution in [3.63, 3.8) is 0 Å². The summed E-state index contributed by atoms with van der Waals surface area (Å²) >= 11 is 0. The molecule has 0 spiro atoms. The highest BCUT2D eigenvalue weighted by Crippen LogP contribution is 2.55. The van der Waals surface area contributed by atoms with Crippen molar-refractivity contribution in [1.29, 1.82) is 0 Å². The zero-order chi connectivity index (χ0) is 20.5. The van der Waals surface area contributed by atoms with E-state index >= 15 is 0 Å². The van der Waals surface area contributed by atoms with E-state index in [-0.39, 0.29) is 24.9 Å². The minimum absolute atomic E-state index is 0.0164. The molecule has 4 atom stereocenters. The van der Waals surface area contributed by atoms with Crippen LogP contribution in [0, 0.1) is 11.3 Å². The van der Waals surface area contributed by atoms with Crippen molar-refractivity contribution in [1.82, 2.24) is 0 Å². The van der Waals surface area contributed by atoms with Crippen molar-refractivity contribution in [2.75, 3.05) is 6.61 Å². The molecule has 0 saturated heterocycles. The Kier molecular flexibility index (Phi) is 5.99. The van der Waals surface area contributed by atoms with Crippen molar-refractivity contribution in [2.24, 2.45) is 17.1 Å². The monoisotopic (exact) mass is 387 g/mol. The molecule has 0 aromatic carbocycles. The van der Waals surface area contributed by atoms with Crippen molar-refractivity contribution in [3.8, 4) is 0 Å². The summed E-state index contributed by atoms with van der Waals surface area (Å²) in [5, 5.41) is 21.0. The molecule has 2 saturated carbocycles. The van der Waals surface area contributed by atoms with E-state index in [0.717, 1.165) is 24.8 Å². The smallest absolute Gasteiger partial charge is 0.243 e. The van der Waals surface area contributed by atoms with Gasteiger partial charge in [-0.1, -0.05) is 49.8 Å². The Labute approximate surface area is 167 Å². The number of ether oxygens (including phenoxy) is 1. The molecule has 0 aliphatic heterocycles. The lowest BCUT2D eigenvalue weighted by atomic mass is 9.64. The summed E-state index contributed by atoms with van der Waals surface area (Å²) in [5.74, 6) is -1.73. The molecule has 5 nitrogen and oxygen atoms in total. The van der Waals surface area contributed by atoms with Gasteiger partial charge < -0.3 is 20.7 Å². The van der Waals surface area contributed by atoms with E-state index in [0.29, 0.717) is 11.5 Å². The normalized spacial score (nSPS) is 38.6. The lowest BCUT2D eigenvalue weighted by Gasteiger charge is -2.41. The molecule has 3 aliphatic rings. The quantitative estimate of drug-likeness (QED) is 0.498. The van der Waals surface area contributed by atoms with Crippen LogP contribution in [0.3, 0.4) is 0 Å². The number of primary amides is 1. The summed E-state index contributed by atoms with van der Waals surface area (Å²) in [6.07, 6.45) is 11.5. The minimum Gasteiger partial charge on any atom is -0.388 e. The Hall–Kier alpha value is -1.69. The van der Waals surface area contributed by atoms with E-state index in [1.807, 2.05) is 6.08 Å². The van der Waals surface area contributed by atoms with Gasteiger partial charge in [-0.25, -0.2) is 0 Å². The van der Waals surface area contributed by atoms with Gasteiger partial charge in [-0.15, -0.1) is 0 Å². The number of amides is 1. The minimum atomic E-state index is -1.61. The highest BCUT2D eigenvalue weighted by atomic mass is 16.6. The number of aliphatic hydroxyl groups excluding tert-OH is 1. The average molecular weight is 388 g/mol. The van der Waals surface area contributed by atoms with Crippen LogP contribution < -0.4 is 5.73 Å². The van der Waals surface area contributed by atoms with Crippen LogP contribution in [0.2, 0.25) is 0 Å². The Balaban J connectivity index is 1.81. The Morgan fingerprint density at radius 3 is 2.89 bits per heavy atom. The maximum Gasteiger partial charge on any atom is 0.243 e. The lowest BCUT2D eigenvalue weighted by molar-refractivity contribution is -0.219. The van der Waals surface area contributed by atoms with E-state index in [9.17, 15) is 15.0 Å². The molecule has 28 heavy (non-hydrogen) atoms. The number of allylic oxidation sites excluding steroid dienone is 5. The number of hydrogen-bond acceptors (Lipinski definition) is 4. The Morgan fingerprint density at radius 1 is 1.46 bits per heavy atom. The van der Waals surface area contributed by atoms with Gasteiger partial charge >= 0.3 is 0 Å². The fourth-order valence-electron chi connectivity index (χ4n) is 5.27. The molecule has 1 amide bonds. The van der Waals surface area contributed by atoms with E-state index in [1.165, 1.54) is 18.4 Å². The second-order valence-corrected chi connectivity index (χ2v) is 8.70. The van der Waals surface area contributed by atoms with Crippen molar-refractivity contribution >= 4 is 5.91 Å². The summed E-state index contributed by atoms with van der Waals surface area (Å²) in [6, 6.07) is 0. The zero-order valence-corrected chi connectivity index (χ0v) is 17.0. The van der Waals surface area contributed by atoms with E-state index in [2.05, 4.69) is 32.6 Å². The van der Waals surface area contributed by atoms with E-state index in [4.69, 9.17) is 10.5 Å². The molecule has 5 heteroatoms. The number of hydrogen-bond donors (Lipinski definition) is 3. The molecule has 0 aromatic heterocycles. The molecule has 3 rings (SSSR count). The highest BCUT2D eigenvalue weighted by Gasteiger charge is 2.44. The molecule has 4 N–H and O–H groups in total. The topological polar surface area (TPSA) is 92.8 Å². The summed E-state index contributed by atoms with van der Waals surface area (Å²) < 4.78 is 5.30. The first-order valence-corrected chi connectivity index (χ1v) is 10.3. The Bertz CT molecular complexity index is 750. The largest absolute Gasteiger partial charge is 0.388 e. The van der Waals surface area contributed by atoms with Crippen molar-refractivity contribution in [2.45, 2.75) is 70.7 Å². The van der Waals surface area contributed by atoms with Crippen LogP contribution in [0.15, 0.2) is 47.1 Å². The molecule has 0 unspecified atom stereocenters. The predicted molar refractivity (Wildman–Crippen MR) is 109 cm³/mol. The van der Waals surface area contributed by atoms with Crippen LogP contribution in [0.4, 0.5) is 0 Å². The molecule has 154 valence electrons. The van der Waals surface area contributed by atoms with E-state index < -0.39 is 17.8 Å². The Morgan fingerprint density at radius 2 is 2.21 bits per heavy atom. The van der Waals surface area contributed by atoms with Gasteiger partial charge in [-0.2, -0.15) is 0 Å². The predicted octanol–water partition coefficient (Wildman–Crippen LogP) is 3.29. The fraction of sp³-hybridized carbons (Fsp3) is 0.609. The van der Waals surface area contributed by atoms with Crippen LogP contribution >= 0.6 is 0 Å². The van der Waals surface area contributed by atoms with Crippen molar-refractivity contribution < 1.29 is 19.7 Å². The van der Waals surface area contributed by atoms with E-state index in [1.54, 1.807) is 5.57 Å². The van der Waals surface area contributed by atoms with Crippen LogP contribution in [0.1, 0.15) is 58.8 Å². The van der Waals surface area contributed by atoms with Gasteiger partial charge in [0.1, 0.15) is 6.61 Å². The van der Waals surface area contributed by atoms with Gasteiger partial charge in [0.05, 0.1) is 6.10 Å².